The second kappa shape index (κ2) is 12.3. The van der Waals surface area contributed by atoms with Crippen LogP contribution in [-0.2, 0) is 20.7 Å². The molecular weight excluding hydrogens is 336 g/mol. The van der Waals surface area contributed by atoms with Crippen molar-refractivity contribution in [3.05, 3.63) is 0 Å². The van der Waals surface area contributed by atoms with Gasteiger partial charge in [-0.05, 0) is 19.3 Å². The molecule has 0 spiro atoms. The second-order valence-electron chi connectivity index (χ2n) is 4.46. The molecule has 10 heteroatoms. The SMILES string of the molecule is NC(=O)CCCCC1CCSS1.N[C@@H](CS(=O)[O-])C(=O)O. The van der Waals surface area contributed by atoms with Crippen LogP contribution in [0.5, 0.6) is 0 Å². The number of hydrogen-bond donors (Lipinski definition) is 3. The van der Waals surface area contributed by atoms with Crippen LogP contribution in [0.1, 0.15) is 32.1 Å². The van der Waals surface area contributed by atoms with Gasteiger partial charge in [0.25, 0.3) is 0 Å². The number of hydrogen-bond acceptors (Lipinski definition) is 7. The highest BCUT2D eigenvalue weighted by Crippen LogP contribution is 2.39. The first kappa shape index (κ1) is 20.7. The van der Waals surface area contributed by atoms with Crippen molar-refractivity contribution in [3.63, 3.8) is 0 Å². The van der Waals surface area contributed by atoms with Crippen molar-refractivity contribution in [3.8, 4) is 0 Å². The fraction of sp³-hybridized carbons (Fsp3) is 0.818. The fourth-order valence-corrected chi connectivity index (χ4v) is 4.92. The summed E-state index contributed by atoms with van der Waals surface area (Å²) in [6.45, 7) is 0. The number of unbranched alkanes of at least 4 members (excludes halogenated alkanes) is 1. The third kappa shape index (κ3) is 13.1. The summed E-state index contributed by atoms with van der Waals surface area (Å²) < 4.78 is 19.5. The quantitative estimate of drug-likeness (QED) is 0.322. The van der Waals surface area contributed by atoms with Crippen LogP contribution in [0.2, 0.25) is 0 Å². The molecule has 0 aromatic heterocycles. The molecule has 5 N–H and O–H groups in total. The minimum absolute atomic E-state index is 0.163. The Bertz CT molecular complexity index is 351. The molecule has 1 heterocycles. The van der Waals surface area contributed by atoms with Gasteiger partial charge >= 0.3 is 5.97 Å². The number of carboxylic acids is 1. The third-order valence-corrected chi connectivity index (χ3v) is 6.20. The Balaban J connectivity index is 0.000000400. The molecule has 1 amide bonds. The minimum Gasteiger partial charge on any atom is -0.772 e. The van der Waals surface area contributed by atoms with Crippen molar-refractivity contribution in [1.82, 2.24) is 0 Å². The van der Waals surface area contributed by atoms with Gasteiger partial charge in [-0.1, -0.05) is 39.1 Å². The molecule has 1 aliphatic rings. The Kier molecular flexibility index (Phi) is 12.1. The van der Waals surface area contributed by atoms with E-state index >= 15 is 0 Å². The number of nitrogens with two attached hydrogens (primary N) is 2. The molecule has 2 unspecified atom stereocenters. The minimum atomic E-state index is -2.37. The van der Waals surface area contributed by atoms with Gasteiger partial charge in [-0.2, -0.15) is 0 Å². The maximum Gasteiger partial charge on any atom is 0.321 e. The van der Waals surface area contributed by atoms with Crippen LogP contribution >= 0.6 is 21.6 Å². The van der Waals surface area contributed by atoms with Gasteiger partial charge in [-0.25, -0.2) is 0 Å². The summed E-state index contributed by atoms with van der Waals surface area (Å²) >= 11 is -2.37. The van der Waals surface area contributed by atoms with E-state index in [9.17, 15) is 18.4 Å². The summed E-state index contributed by atoms with van der Waals surface area (Å²) in [4.78, 5) is 20.2. The molecule has 7 nitrogen and oxygen atoms in total. The van der Waals surface area contributed by atoms with E-state index < -0.39 is 28.8 Å². The summed E-state index contributed by atoms with van der Waals surface area (Å²) in [7, 11) is 3.97. The molecule has 21 heavy (non-hydrogen) atoms. The van der Waals surface area contributed by atoms with Crippen LogP contribution in [0, 0.1) is 0 Å². The van der Waals surface area contributed by atoms with Crippen LogP contribution in [0.4, 0.5) is 0 Å². The molecule has 0 aromatic rings. The smallest absolute Gasteiger partial charge is 0.321 e. The molecule has 1 saturated heterocycles. The van der Waals surface area contributed by atoms with E-state index in [1.54, 1.807) is 0 Å². The Labute approximate surface area is 134 Å². The van der Waals surface area contributed by atoms with Crippen LogP contribution in [0.25, 0.3) is 0 Å². The number of carbonyl (C=O) groups excluding carboxylic acids is 1. The lowest BCUT2D eigenvalue weighted by atomic mass is 10.1. The summed E-state index contributed by atoms with van der Waals surface area (Å²) in [5.41, 5.74) is 9.86. The van der Waals surface area contributed by atoms with Crippen molar-refractivity contribution < 1.29 is 23.5 Å². The van der Waals surface area contributed by atoms with Gasteiger partial charge in [0.2, 0.25) is 5.91 Å². The highest BCUT2D eigenvalue weighted by molar-refractivity contribution is 8.77. The first-order valence-corrected chi connectivity index (χ1v) is 10.1. The van der Waals surface area contributed by atoms with Crippen LogP contribution in [0.3, 0.4) is 0 Å². The predicted molar refractivity (Wildman–Crippen MR) is 85.5 cm³/mol. The Hall–Kier alpha value is -0.290. The zero-order valence-corrected chi connectivity index (χ0v) is 14.0. The standard InChI is InChI=1S/C8H15NOS2.C3H7NO4S/c9-8(10)4-2-1-3-7-5-6-11-12-7;4-2(3(5)6)1-9(7)8/h7H,1-6H2,(H2,9,10);2H,1,4H2,(H,5,6)(H,7,8)/p-1/t;2-/m.0/s1. The first-order chi connectivity index (χ1) is 9.82. The lowest BCUT2D eigenvalue weighted by molar-refractivity contribution is -0.138. The zero-order valence-electron chi connectivity index (χ0n) is 11.6. The van der Waals surface area contributed by atoms with E-state index in [-0.39, 0.29) is 5.91 Å². The molecule has 0 saturated carbocycles. The van der Waals surface area contributed by atoms with E-state index in [1.807, 2.05) is 21.6 Å². The topological polar surface area (TPSA) is 147 Å². The van der Waals surface area contributed by atoms with Gasteiger partial charge in [-0.3, -0.25) is 13.8 Å². The van der Waals surface area contributed by atoms with E-state index in [0.717, 1.165) is 18.1 Å². The fourth-order valence-electron chi connectivity index (χ4n) is 1.45. The van der Waals surface area contributed by atoms with Gasteiger partial charge < -0.3 is 21.1 Å². The average Bonchev–Trinajstić information content (AvgIpc) is 2.87. The van der Waals surface area contributed by atoms with Crippen LogP contribution in [0.15, 0.2) is 0 Å². The number of carbonyl (C=O) groups is 2. The highest BCUT2D eigenvalue weighted by atomic mass is 33.1. The zero-order chi connectivity index (χ0) is 16.3. The first-order valence-electron chi connectivity index (χ1n) is 6.43. The van der Waals surface area contributed by atoms with Gasteiger partial charge in [0.05, 0.1) is 0 Å². The molecule has 1 rings (SSSR count). The molecule has 124 valence electrons. The van der Waals surface area contributed by atoms with Crippen molar-refractivity contribution in [1.29, 1.82) is 0 Å². The molecule has 3 atom stereocenters. The van der Waals surface area contributed by atoms with E-state index in [4.69, 9.17) is 16.6 Å². The van der Waals surface area contributed by atoms with Crippen molar-refractivity contribution in [2.45, 2.75) is 43.4 Å². The van der Waals surface area contributed by atoms with Crippen molar-refractivity contribution in [2.75, 3.05) is 11.5 Å². The summed E-state index contributed by atoms with van der Waals surface area (Å²) in [6.07, 6.45) is 5.28. The summed E-state index contributed by atoms with van der Waals surface area (Å²) in [6, 6.07) is -1.30. The lowest BCUT2D eigenvalue weighted by Crippen LogP contribution is -2.35. The average molecular weight is 357 g/mol. The number of aliphatic carboxylic acids is 1. The molecule has 1 aliphatic heterocycles. The molecule has 0 radical (unpaired) electrons. The predicted octanol–water partition coefficient (Wildman–Crippen LogP) is 0.463. The van der Waals surface area contributed by atoms with Gasteiger partial charge in [0.1, 0.15) is 6.04 Å². The monoisotopic (exact) mass is 357 g/mol. The number of amides is 1. The maximum absolute atomic E-state index is 10.4. The normalized spacial score (nSPS) is 20.2. The Morgan fingerprint density at radius 2 is 2.10 bits per heavy atom. The van der Waals surface area contributed by atoms with Crippen molar-refractivity contribution in [2.24, 2.45) is 11.5 Å². The van der Waals surface area contributed by atoms with Crippen LogP contribution in [-0.4, -0.2) is 48.5 Å². The summed E-state index contributed by atoms with van der Waals surface area (Å²) in [5.74, 6) is -0.705. The van der Waals surface area contributed by atoms with Crippen molar-refractivity contribution >= 4 is 44.5 Å². The van der Waals surface area contributed by atoms with Gasteiger partial charge in [-0.15, -0.1) is 0 Å². The van der Waals surface area contributed by atoms with Gasteiger partial charge in [0, 0.05) is 23.2 Å². The lowest BCUT2D eigenvalue weighted by Gasteiger charge is -2.07. The highest BCUT2D eigenvalue weighted by Gasteiger charge is 2.15. The number of carboxylic acid groups (broad SMARTS) is 1. The Morgan fingerprint density at radius 1 is 1.43 bits per heavy atom. The van der Waals surface area contributed by atoms with Gasteiger partial charge in [0.15, 0.2) is 0 Å². The largest absolute Gasteiger partial charge is 0.772 e. The molecule has 0 aromatic carbocycles. The third-order valence-electron chi connectivity index (χ3n) is 2.56. The molecule has 0 aliphatic carbocycles. The Morgan fingerprint density at radius 3 is 2.48 bits per heavy atom. The molecule has 1 fully saturated rings. The van der Waals surface area contributed by atoms with Crippen LogP contribution < -0.4 is 11.5 Å². The second-order valence-corrected chi connectivity index (χ2v) is 8.18. The van der Waals surface area contributed by atoms with E-state index in [2.05, 4.69) is 0 Å². The van der Waals surface area contributed by atoms with E-state index in [0.29, 0.717) is 6.42 Å². The summed E-state index contributed by atoms with van der Waals surface area (Å²) in [5, 5.41) is 8.87. The number of rotatable bonds is 8. The molecular formula is C11H21N2O5S3-. The number of primary amides is 1. The maximum atomic E-state index is 10.4. The molecule has 0 bridgehead atoms. The van der Waals surface area contributed by atoms with E-state index in [1.165, 1.54) is 18.6 Å².